The maximum Gasteiger partial charge on any atom is 0.252 e. The Bertz CT molecular complexity index is 1350. The zero-order valence-corrected chi connectivity index (χ0v) is 21.7. The van der Waals surface area contributed by atoms with Crippen LogP contribution in [-0.2, 0) is 18.6 Å². The number of rotatable bonds is 8. The molecule has 0 aliphatic carbocycles. The van der Waals surface area contributed by atoms with E-state index in [9.17, 15) is 4.79 Å². The molecule has 0 saturated carbocycles. The monoisotopic (exact) mass is 472 g/mol. The van der Waals surface area contributed by atoms with Crippen LogP contribution in [0.4, 0.5) is 0 Å². The molecular formula is C28H36N6O. The molecule has 4 rings (SSSR count). The Kier molecular flexibility index (Phi) is 7.17. The van der Waals surface area contributed by atoms with E-state index < -0.39 is 0 Å². The molecule has 0 aliphatic heterocycles. The van der Waals surface area contributed by atoms with Crippen molar-refractivity contribution < 1.29 is 0 Å². The molecule has 1 N–H and O–H groups in total. The summed E-state index contributed by atoms with van der Waals surface area (Å²) in [6.07, 6.45) is 1.85. The highest BCUT2D eigenvalue weighted by molar-refractivity contribution is 5.82. The number of H-pyrrole nitrogens is 1. The van der Waals surface area contributed by atoms with Gasteiger partial charge >= 0.3 is 0 Å². The lowest BCUT2D eigenvalue weighted by atomic mass is 10.0. The predicted octanol–water partition coefficient (Wildman–Crippen LogP) is 5.43. The van der Waals surface area contributed by atoms with Crippen molar-refractivity contribution >= 4 is 10.9 Å². The highest BCUT2D eigenvalue weighted by Gasteiger charge is 2.30. The van der Waals surface area contributed by atoms with E-state index in [4.69, 9.17) is 0 Å². The molecule has 2 aromatic carbocycles. The highest BCUT2D eigenvalue weighted by atomic mass is 16.1. The molecule has 0 bridgehead atoms. The maximum atomic E-state index is 13.2. The molecule has 0 aliphatic rings. The molecule has 7 nitrogen and oxygen atoms in total. The van der Waals surface area contributed by atoms with Crippen molar-refractivity contribution in [3.05, 3.63) is 87.0 Å². The Morgan fingerprint density at radius 3 is 2.49 bits per heavy atom. The topological polar surface area (TPSA) is 79.7 Å². The molecule has 0 saturated heterocycles. The third-order valence-electron chi connectivity index (χ3n) is 6.40. The van der Waals surface area contributed by atoms with Gasteiger partial charge < -0.3 is 4.98 Å². The maximum absolute atomic E-state index is 13.2. The second-order valence-corrected chi connectivity index (χ2v) is 10.5. The lowest BCUT2D eigenvalue weighted by Gasteiger charge is -2.33. The van der Waals surface area contributed by atoms with Crippen molar-refractivity contribution in [2.24, 2.45) is 0 Å². The summed E-state index contributed by atoms with van der Waals surface area (Å²) in [6.45, 7) is 13.8. The van der Waals surface area contributed by atoms with E-state index >= 15 is 0 Å². The zero-order chi connectivity index (χ0) is 25.2. The molecule has 35 heavy (non-hydrogen) atoms. The van der Waals surface area contributed by atoms with Gasteiger partial charge in [0, 0.05) is 18.7 Å². The molecule has 0 unspecified atom stereocenters. The van der Waals surface area contributed by atoms with Crippen molar-refractivity contribution in [1.82, 2.24) is 30.1 Å². The number of fused-ring (bicyclic) bond motifs is 1. The van der Waals surface area contributed by atoms with Gasteiger partial charge in [-0.05, 0) is 80.1 Å². The van der Waals surface area contributed by atoms with Crippen LogP contribution in [0.1, 0.15) is 74.7 Å². The minimum atomic E-state index is -0.251. The SMILES string of the molecule is CCC[C@@H](c1nnnn1C(C)(C)C)N(Cc1ccccc1)Cc1cc2cc(C)cc(C)c2[nH]c1=O. The molecule has 184 valence electrons. The fourth-order valence-electron chi connectivity index (χ4n) is 4.79. The summed E-state index contributed by atoms with van der Waals surface area (Å²) in [5.41, 5.74) is 4.80. The van der Waals surface area contributed by atoms with Crippen LogP contribution < -0.4 is 5.56 Å². The van der Waals surface area contributed by atoms with Gasteiger partial charge in [-0.3, -0.25) is 9.69 Å². The third kappa shape index (κ3) is 5.51. The van der Waals surface area contributed by atoms with E-state index in [1.807, 2.05) is 23.7 Å². The van der Waals surface area contributed by atoms with Crippen LogP contribution in [0.15, 0.2) is 53.3 Å². The Morgan fingerprint density at radius 1 is 1.06 bits per heavy atom. The molecule has 0 amide bonds. The summed E-state index contributed by atoms with van der Waals surface area (Å²) in [4.78, 5) is 18.7. The Hall–Kier alpha value is -3.32. The van der Waals surface area contributed by atoms with Crippen LogP contribution in [0, 0.1) is 13.8 Å². The largest absolute Gasteiger partial charge is 0.321 e. The van der Waals surface area contributed by atoms with E-state index in [1.54, 1.807) is 0 Å². The van der Waals surface area contributed by atoms with Gasteiger partial charge in [0.2, 0.25) is 0 Å². The quantitative estimate of drug-likeness (QED) is 0.370. The molecule has 7 heteroatoms. The number of nitrogens with zero attached hydrogens (tertiary/aromatic N) is 5. The first-order chi connectivity index (χ1) is 16.7. The van der Waals surface area contributed by atoms with Crippen molar-refractivity contribution in [1.29, 1.82) is 0 Å². The molecule has 1 atom stereocenters. The first-order valence-electron chi connectivity index (χ1n) is 12.4. The lowest BCUT2D eigenvalue weighted by molar-refractivity contribution is 0.148. The lowest BCUT2D eigenvalue weighted by Crippen LogP contribution is -2.35. The number of hydrogen-bond acceptors (Lipinski definition) is 5. The average Bonchev–Trinajstić information content (AvgIpc) is 3.29. The smallest absolute Gasteiger partial charge is 0.252 e. The number of benzene rings is 2. The van der Waals surface area contributed by atoms with E-state index in [1.165, 1.54) is 11.1 Å². The molecule has 0 radical (unpaired) electrons. The van der Waals surface area contributed by atoms with Crippen LogP contribution in [0.25, 0.3) is 10.9 Å². The van der Waals surface area contributed by atoms with Gasteiger partial charge in [0.15, 0.2) is 5.82 Å². The van der Waals surface area contributed by atoms with Crippen molar-refractivity contribution in [2.75, 3.05) is 0 Å². The van der Waals surface area contributed by atoms with Gasteiger partial charge in [0.05, 0.1) is 17.1 Å². The number of aromatic nitrogens is 5. The molecule has 2 aromatic heterocycles. The Balaban J connectivity index is 1.80. The van der Waals surface area contributed by atoms with E-state index in [0.29, 0.717) is 13.1 Å². The first-order valence-corrected chi connectivity index (χ1v) is 12.4. The number of tetrazole rings is 1. The van der Waals surface area contributed by atoms with Crippen molar-refractivity contribution in [2.45, 2.75) is 79.1 Å². The summed E-state index contributed by atoms with van der Waals surface area (Å²) in [7, 11) is 0. The van der Waals surface area contributed by atoms with Crippen LogP contribution >= 0.6 is 0 Å². The van der Waals surface area contributed by atoms with Gasteiger partial charge in [-0.1, -0.05) is 55.3 Å². The second-order valence-electron chi connectivity index (χ2n) is 10.5. The number of nitrogens with one attached hydrogen (secondary N) is 1. The molecular weight excluding hydrogens is 436 g/mol. The summed E-state index contributed by atoms with van der Waals surface area (Å²) in [5.74, 6) is 0.833. The molecule has 0 fully saturated rings. The number of aromatic amines is 1. The third-order valence-corrected chi connectivity index (χ3v) is 6.40. The van der Waals surface area contributed by atoms with E-state index in [-0.39, 0.29) is 17.1 Å². The predicted molar refractivity (Wildman–Crippen MR) is 140 cm³/mol. The summed E-state index contributed by atoms with van der Waals surface area (Å²) >= 11 is 0. The van der Waals surface area contributed by atoms with Gasteiger partial charge in [-0.15, -0.1) is 5.10 Å². The second kappa shape index (κ2) is 10.1. The highest BCUT2D eigenvalue weighted by Crippen LogP contribution is 2.30. The standard InChI is InChI=1S/C28H36N6O/c1-7-11-24(26-30-31-32-34(26)28(4,5)6)33(17-21-12-9-8-10-13-21)18-23-16-22-15-19(2)14-20(3)25(22)29-27(23)35/h8-10,12-16,24H,7,11,17-18H2,1-6H3,(H,29,35)/t24-/m0/s1. The van der Waals surface area contributed by atoms with Crippen LogP contribution in [0.2, 0.25) is 0 Å². The van der Waals surface area contributed by atoms with Crippen LogP contribution in [0.3, 0.4) is 0 Å². The number of pyridine rings is 1. The minimum Gasteiger partial charge on any atom is -0.321 e. The fraction of sp³-hybridized carbons (Fsp3) is 0.429. The van der Waals surface area contributed by atoms with Crippen LogP contribution in [0.5, 0.6) is 0 Å². The molecule has 0 spiro atoms. The fourth-order valence-corrected chi connectivity index (χ4v) is 4.79. The Labute approximate surface area is 207 Å². The Morgan fingerprint density at radius 2 is 1.80 bits per heavy atom. The zero-order valence-electron chi connectivity index (χ0n) is 21.7. The van der Waals surface area contributed by atoms with Gasteiger partial charge in [-0.25, -0.2) is 4.68 Å². The summed E-state index contributed by atoms with van der Waals surface area (Å²) < 4.78 is 1.92. The number of aryl methyl sites for hydroxylation is 2. The normalized spacial score (nSPS) is 13.0. The van der Waals surface area contributed by atoms with Crippen molar-refractivity contribution in [3.8, 4) is 0 Å². The first kappa shape index (κ1) is 24.8. The number of hydrogen-bond donors (Lipinski definition) is 1. The van der Waals surface area contributed by atoms with Gasteiger partial charge in [0.1, 0.15) is 0 Å². The molecule has 2 heterocycles. The van der Waals surface area contributed by atoms with Gasteiger partial charge in [-0.2, -0.15) is 0 Å². The molecule has 4 aromatic rings. The van der Waals surface area contributed by atoms with Crippen LogP contribution in [-0.4, -0.2) is 30.1 Å². The van der Waals surface area contributed by atoms with Crippen molar-refractivity contribution in [3.63, 3.8) is 0 Å². The van der Waals surface area contributed by atoms with E-state index in [0.717, 1.165) is 40.7 Å². The summed E-state index contributed by atoms with van der Waals surface area (Å²) in [6, 6.07) is 16.6. The minimum absolute atomic E-state index is 0.0382. The summed E-state index contributed by atoms with van der Waals surface area (Å²) in [5, 5.41) is 13.9. The van der Waals surface area contributed by atoms with Gasteiger partial charge in [0.25, 0.3) is 5.56 Å². The average molecular weight is 473 g/mol. The van der Waals surface area contributed by atoms with E-state index in [2.05, 4.69) is 96.4 Å².